The highest BCUT2D eigenvalue weighted by Crippen LogP contribution is 2.45. The van der Waals surface area contributed by atoms with Crippen LogP contribution < -0.4 is 15.4 Å². The van der Waals surface area contributed by atoms with E-state index in [1.807, 2.05) is 18.2 Å². The summed E-state index contributed by atoms with van der Waals surface area (Å²) in [7, 11) is 1.66. The Balaban J connectivity index is 1.43. The van der Waals surface area contributed by atoms with Gasteiger partial charge < -0.3 is 19.4 Å². The molecule has 2 fully saturated rings. The molecule has 1 aromatic carbocycles. The lowest BCUT2D eigenvalue weighted by atomic mass is 9.87. The smallest absolute Gasteiger partial charge is 0.322 e. The molecule has 1 atom stereocenters. The van der Waals surface area contributed by atoms with Crippen molar-refractivity contribution in [3.8, 4) is 11.8 Å². The van der Waals surface area contributed by atoms with Gasteiger partial charge in [0.05, 0.1) is 19.7 Å². The van der Waals surface area contributed by atoms with E-state index >= 15 is 0 Å². The molecule has 1 saturated carbocycles. The number of allylic oxidation sites excluding steroid dienone is 2. The Morgan fingerprint density at radius 3 is 2.69 bits per heavy atom. The number of carbonyl (C=O) groups is 2. The molecule has 2 N–H and O–H groups in total. The highest BCUT2D eigenvalue weighted by molar-refractivity contribution is 6.07. The standard InChI is InChI=1S/C27H26N4O4/c1-34-20-9-8-18-14-31(24(21(18)12-20)17-5-3-6-17)15-27(25(32)29-26(33)30-27)23-11-19-10-16(13-28)4-2-7-22(19)35-23/h8-12H,2-7,14-15H2,1H3,(H2,29,30,32,33)/t27-/m0/s1. The normalized spacial score (nSPS) is 23.0. The largest absolute Gasteiger partial charge is 0.497 e. The molecule has 0 bridgehead atoms. The Labute approximate surface area is 203 Å². The van der Waals surface area contributed by atoms with Crippen LogP contribution in [0.5, 0.6) is 5.75 Å². The minimum atomic E-state index is -1.37. The summed E-state index contributed by atoms with van der Waals surface area (Å²) in [6.45, 7) is 0.865. The lowest BCUT2D eigenvalue weighted by Gasteiger charge is -2.34. The second-order valence-corrected chi connectivity index (χ2v) is 9.62. The SMILES string of the molecule is COc1ccc2c(c1)C(=C1CCC1)N(C[C@@]1(c3cc4c(o3)CCCC(C#N)=C4)NC(=O)NC1=O)C2. The topological polar surface area (TPSA) is 108 Å². The van der Waals surface area contributed by atoms with E-state index in [1.54, 1.807) is 7.11 Å². The predicted octanol–water partition coefficient (Wildman–Crippen LogP) is 3.98. The van der Waals surface area contributed by atoms with E-state index in [2.05, 4.69) is 33.7 Å². The van der Waals surface area contributed by atoms with Crippen molar-refractivity contribution in [2.45, 2.75) is 50.6 Å². The van der Waals surface area contributed by atoms with Gasteiger partial charge in [-0.25, -0.2) is 4.79 Å². The zero-order valence-electron chi connectivity index (χ0n) is 19.6. The first-order valence-electron chi connectivity index (χ1n) is 12.0. The fourth-order valence-electron chi connectivity index (χ4n) is 5.53. The minimum Gasteiger partial charge on any atom is -0.497 e. The molecular formula is C27H26N4O4. The molecule has 3 heterocycles. The number of furan rings is 1. The van der Waals surface area contributed by atoms with Crippen LogP contribution in [0.3, 0.4) is 0 Å². The van der Waals surface area contributed by atoms with Crippen LogP contribution in [0.4, 0.5) is 4.79 Å². The van der Waals surface area contributed by atoms with Crippen LogP contribution in [0.1, 0.15) is 60.3 Å². The van der Waals surface area contributed by atoms with Crippen LogP contribution >= 0.6 is 0 Å². The van der Waals surface area contributed by atoms with Crippen LogP contribution in [0.2, 0.25) is 0 Å². The Kier molecular flexibility index (Phi) is 4.95. The number of benzene rings is 1. The first-order valence-corrected chi connectivity index (χ1v) is 12.0. The number of nitrogens with zero attached hydrogens (tertiary/aromatic N) is 2. The van der Waals surface area contributed by atoms with Gasteiger partial charge in [-0.05, 0) is 67.5 Å². The summed E-state index contributed by atoms with van der Waals surface area (Å²) in [6.07, 6.45) is 7.18. The summed E-state index contributed by atoms with van der Waals surface area (Å²) in [5.74, 6) is 1.50. The maximum absolute atomic E-state index is 13.3. The van der Waals surface area contributed by atoms with Gasteiger partial charge in [-0.2, -0.15) is 5.26 Å². The number of rotatable bonds is 4. The molecule has 0 unspecified atom stereocenters. The molecule has 2 aliphatic carbocycles. The van der Waals surface area contributed by atoms with Gasteiger partial charge >= 0.3 is 6.03 Å². The van der Waals surface area contributed by atoms with E-state index in [0.29, 0.717) is 30.7 Å². The third-order valence-electron chi connectivity index (χ3n) is 7.50. The van der Waals surface area contributed by atoms with E-state index in [-0.39, 0.29) is 6.54 Å². The van der Waals surface area contributed by atoms with E-state index in [1.165, 1.54) is 5.57 Å². The maximum Gasteiger partial charge on any atom is 0.322 e. The molecule has 2 aromatic rings. The number of hydrogen-bond acceptors (Lipinski definition) is 6. The Hall–Kier alpha value is -3.99. The first kappa shape index (κ1) is 21.5. The first-order chi connectivity index (χ1) is 17.0. The van der Waals surface area contributed by atoms with Gasteiger partial charge in [0, 0.05) is 35.4 Å². The number of urea groups is 1. The number of amides is 3. The number of nitrogens with one attached hydrogen (secondary N) is 2. The van der Waals surface area contributed by atoms with Crippen molar-refractivity contribution in [2.75, 3.05) is 13.7 Å². The number of aryl methyl sites for hydroxylation is 1. The van der Waals surface area contributed by atoms with Gasteiger partial charge in [-0.3, -0.25) is 10.1 Å². The van der Waals surface area contributed by atoms with Crippen molar-refractivity contribution >= 4 is 23.7 Å². The molecule has 0 radical (unpaired) electrons. The predicted molar refractivity (Wildman–Crippen MR) is 128 cm³/mol. The monoisotopic (exact) mass is 470 g/mol. The number of methoxy groups -OCH3 is 1. The Morgan fingerprint density at radius 1 is 1.17 bits per heavy atom. The van der Waals surface area contributed by atoms with Gasteiger partial charge in [-0.15, -0.1) is 0 Å². The summed E-state index contributed by atoms with van der Waals surface area (Å²) < 4.78 is 11.7. The summed E-state index contributed by atoms with van der Waals surface area (Å²) in [5, 5.41) is 14.7. The molecular weight excluding hydrogens is 444 g/mol. The van der Waals surface area contributed by atoms with Gasteiger partial charge in [0.15, 0.2) is 5.54 Å². The molecule has 178 valence electrons. The third kappa shape index (κ3) is 3.42. The van der Waals surface area contributed by atoms with E-state index < -0.39 is 17.5 Å². The fraction of sp³-hybridized carbons (Fsp3) is 0.370. The van der Waals surface area contributed by atoms with Crippen molar-refractivity contribution in [3.63, 3.8) is 0 Å². The third-order valence-corrected chi connectivity index (χ3v) is 7.50. The average Bonchev–Trinajstić information content (AvgIpc) is 3.41. The Bertz CT molecular complexity index is 1360. The zero-order chi connectivity index (χ0) is 24.2. The van der Waals surface area contributed by atoms with Gasteiger partial charge in [0.25, 0.3) is 5.91 Å². The zero-order valence-corrected chi connectivity index (χ0v) is 19.6. The summed E-state index contributed by atoms with van der Waals surface area (Å²) in [4.78, 5) is 27.9. The van der Waals surface area contributed by atoms with Crippen LogP contribution in [0.15, 0.2) is 39.8 Å². The maximum atomic E-state index is 13.3. The van der Waals surface area contributed by atoms with Crippen LogP contribution in [0, 0.1) is 11.3 Å². The van der Waals surface area contributed by atoms with Gasteiger partial charge in [0.2, 0.25) is 0 Å². The van der Waals surface area contributed by atoms with Crippen molar-refractivity contribution in [1.82, 2.24) is 15.5 Å². The lowest BCUT2D eigenvalue weighted by Crippen LogP contribution is -2.51. The molecule has 1 saturated heterocycles. The van der Waals surface area contributed by atoms with Crippen molar-refractivity contribution < 1.29 is 18.7 Å². The van der Waals surface area contributed by atoms with Crippen molar-refractivity contribution in [1.29, 1.82) is 5.26 Å². The summed E-state index contributed by atoms with van der Waals surface area (Å²) in [6, 6.07) is 9.59. The molecule has 2 aliphatic heterocycles. The lowest BCUT2D eigenvalue weighted by molar-refractivity contribution is -0.125. The number of hydrogen-bond donors (Lipinski definition) is 2. The number of carbonyl (C=O) groups excluding carboxylic acids is 2. The van der Waals surface area contributed by atoms with Crippen LogP contribution in [-0.4, -0.2) is 30.5 Å². The highest BCUT2D eigenvalue weighted by Gasteiger charge is 2.53. The second-order valence-electron chi connectivity index (χ2n) is 9.62. The van der Waals surface area contributed by atoms with Crippen molar-refractivity contribution in [3.05, 3.63) is 63.6 Å². The second kappa shape index (κ2) is 8.05. The Morgan fingerprint density at radius 2 is 2.00 bits per heavy atom. The quantitative estimate of drug-likeness (QED) is 0.655. The number of imide groups is 1. The highest BCUT2D eigenvalue weighted by atomic mass is 16.5. The summed E-state index contributed by atoms with van der Waals surface area (Å²) in [5.41, 5.74) is 4.88. The molecule has 8 nitrogen and oxygen atoms in total. The summed E-state index contributed by atoms with van der Waals surface area (Å²) >= 11 is 0. The molecule has 8 heteroatoms. The minimum absolute atomic E-state index is 0.238. The number of fused-ring (bicyclic) bond motifs is 2. The fourth-order valence-corrected chi connectivity index (χ4v) is 5.53. The van der Waals surface area contributed by atoms with Crippen LogP contribution in [-0.2, 0) is 23.3 Å². The molecule has 4 aliphatic rings. The number of ether oxygens (including phenoxy) is 1. The number of nitriles is 1. The van der Waals surface area contributed by atoms with E-state index in [4.69, 9.17) is 9.15 Å². The van der Waals surface area contributed by atoms with E-state index in [0.717, 1.165) is 59.6 Å². The average molecular weight is 471 g/mol. The molecule has 3 amide bonds. The molecule has 6 rings (SSSR count). The van der Waals surface area contributed by atoms with Crippen molar-refractivity contribution in [2.24, 2.45) is 0 Å². The van der Waals surface area contributed by atoms with E-state index in [9.17, 15) is 14.9 Å². The van der Waals surface area contributed by atoms with Gasteiger partial charge in [-0.1, -0.05) is 6.07 Å². The molecule has 1 aromatic heterocycles. The molecule has 0 spiro atoms. The molecule has 35 heavy (non-hydrogen) atoms. The van der Waals surface area contributed by atoms with Crippen LogP contribution in [0.25, 0.3) is 11.8 Å². The van der Waals surface area contributed by atoms with Gasteiger partial charge in [0.1, 0.15) is 17.3 Å².